The lowest BCUT2D eigenvalue weighted by molar-refractivity contribution is -0.181. The highest BCUT2D eigenvalue weighted by atomic mass is 16.7. The zero-order chi connectivity index (χ0) is 14.7. The van der Waals surface area contributed by atoms with Gasteiger partial charge in [0.2, 0.25) is 0 Å². The van der Waals surface area contributed by atoms with Crippen LogP contribution in [0.4, 0.5) is 4.79 Å². The van der Waals surface area contributed by atoms with Gasteiger partial charge < -0.3 is 24.8 Å². The van der Waals surface area contributed by atoms with Crippen LogP contribution in [0.15, 0.2) is 24.3 Å². The Morgan fingerprint density at radius 1 is 1.19 bits per heavy atom. The van der Waals surface area contributed by atoms with Crippen LogP contribution in [0.3, 0.4) is 0 Å². The molecule has 6 heteroatoms. The lowest BCUT2D eigenvalue weighted by atomic mass is 10.0. The fourth-order valence-electron chi connectivity index (χ4n) is 2.74. The molecule has 0 radical (unpaired) electrons. The van der Waals surface area contributed by atoms with E-state index in [9.17, 15) is 9.90 Å². The SMILES string of the molecule is O=C(NCc1ccc(O)cc1)N1CCC2(CC1)OCCO2. The van der Waals surface area contributed by atoms with Gasteiger partial charge in [-0.05, 0) is 17.7 Å². The molecule has 0 unspecified atom stereocenters. The summed E-state index contributed by atoms with van der Waals surface area (Å²) in [5.41, 5.74) is 0.956. The van der Waals surface area contributed by atoms with E-state index in [1.165, 1.54) is 0 Å². The second kappa shape index (κ2) is 5.91. The number of ether oxygens (including phenoxy) is 2. The van der Waals surface area contributed by atoms with Gasteiger partial charge in [0.15, 0.2) is 5.79 Å². The number of phenols is 1. The van der Waals surface area contributed by atoms with Gasteiger partial charge in [-0.1, -0.05) is 12.1 Å². The molecule has 1 aromatic carbocycles. The molecule has 2 saturated heterocycles. The topological polar surface area (TPSA) is 71.0 Å². The first kappa shape index (κ1) is 14.2. The van der Waals surface area contributed by atoms with Crippen LogP contribution in [0, 0.1) is 0 Å². The Bertz CT molecular complexity index is 487. The molecule has 3 rings (SSSR count). The zero-order valence-electron chi connectivity index (χ0n) is 11.9. The largest absolute Gasteiger partial charge is 0.508 e. The van der Waals surface area contributed by atoms with Gasteiger partial charge in [-0.15, -0.1) is 0 Å². The summed E-state index contributed by atoms with van der Waals surface area (Å²) in [6, 6.07) is 6.74. The number of hydrogen-bond donors (Lipinski definition) is 2. The van der Waals surface area contributed by atoms with Crippen molar-refractivity contribution in [3.8, 4) is 5.75 Å². The van der Waals surface area contributed by atoms with Crippen LogP contribution in [0.2, 0.25) is 0 Å². The Morgan fingerprint density at radius 2 is 1.81 bits per heavy atom. The van der Waals surface area contributed by atoms with Gasteiger partial charge in [0.05, 0.1) is 13.2 Å². The van der Waals surface area contributed by atoms with Crippen molar-refractivity contribution >= 4 is 6.03 Å². The van der Waals surface area contributed by atoms with Crippen molar-refractivity contribution in [3.05, 3.63) is 29.8 Å². The quantitative estimate of drug-likeness (QED) is 0.865. The number of urea groups is 1. The van der Waals surface area contributed by atoms with Gasteiger partial charge in [0.25, 0.3) is 0 Å². The molecule has 1 spiro atoms. The Labute approximate surface area is 123 Å². The highest BCUT2D eigenvalue weighted by Gasteiger charge is 2.40. The van der Waals surface area contributed by atoms with Crippen molar-refractivity contribution in [1.82, 2.24) is 10.2 Å². The van der Waals surface area contributed by atoms with E-state index in [1.54, 1.807) is 29.2 Å². The van der Waals surface area contributed by atoms with Crippen molar-refractivity contribution in [2.24, 2.45) is 0 Å². The highest BCUT2D eigenvalue weighted by Crippen LogP contribution is 2.31. The minimum atomic E-state index is -0.451. The Morgan fingerprint density at radius 3 is 2.43 bits per heavy atom. The molecule has 2 heterocycles. The first-order chi connectivity index (χ1) is 10.2. The van der Waals surface area contributed by atoms with E-state index in [1.807, 2.05) is 0 Å². The summed E-state index contributed by atoms with van der Waals surface area (Å²) in [4.78, 5) is 13.9. The smallest absolute Gasteiger partial charge is 0.317 e. The van der Waals surface area contributed by atoms with Crippen LogP contribution in [0.5, 0.6) is 5.75 Å². The van der Waals surface area contributed by atoms with Crippen molar-refractivity contribution < 1.29 is 19.4 Å². The zero-order valence-corrected chi connectivity index (χ0v) is 11.9. The third kappa shape index (κ3) is 3.28. The van der Waals surface area contributed by atoms with Crippen LogP contribution < -0.4 is 5.32 Å². The van der Waals surface area contributed by atoms with E-state index in [-0.39, 0.29) is 11.8 Å². The van der Waals surface area contributed by atoms with Gasteiger partial charge in [0.1, 0.15) is 5.75 Å². The minimum absolute atomic E-state index is 0.0732. The molecule has 6 nitrogen and oxygen atoms in total. The molecule has 2 aliphatic rings. The third-order valence-electron chi connectivity index (χ3n) is 4.01. The Hall–Kier alpha value is -1.79. The summed E-state index contributed by atoms with van der Waals surface area (Å²) in [5, 5.41) is 12.1. The van der Waals surface area contributed by atoms with E-state index in [0.29, 0.717) is 32.8 Å². The van der Waals surface area contributed by atoms with Crippen molar-refractivity contribution in [2.75, 3.05) is 26.3 Å². The van der Waals surface area contributed by atoms with Gasteiger partial charge in [-0.25, -0.2) is 4.79 Å². The highest BCUT2D eigenvalue weighted by molar-refractivity contribution is 5.74. The average Bonchev–Trinajstić information content (AvgIpc) is 2.95. The molecule has 0 aromatic heterocycles. The van der Waals surface area contributed by atoms with Crippen LogP contribution in [-0.4, -0.2) is 48.1 Å². The Balaban J connectivity index is 1.47. The van der Waals surface area contributed by atoms with Crippen molar-refractivity contribution in [2.45, 2.75) is 25.2 Å². The fourth-order valence-corrected chi connectivity index (χ4v) is 2.74. The second-order valence-electron chi connectivity index (χ2n) is 5.42. The average molecular weight is 292 g/mol. The molecule has 0 atom stereocenters. The maximum atomic E-state index is 12.1. The number of aromatic hydroxyl groups is 1. The van der Waals surface area contributed by atoms with E-state index in [2.05, 4.69) is 5.32 Å². The fraction of sp³-hybridized carbons (Fsp3) is 0.533. The second-order valence-corrected chi connectivity index (χ2v) is 5.42. The third-order valence-corrected chi connectivity index (χ3v) is 4.01. The van der Waals surface area contributed by atoms with E-state index < -0.39 is 5.79 Å². The van der Waals surface area contributed by atoms with E-state index >= 15 is 0 Å². The number of hydrogen-bond acceptors (Lipinski definition) is 4. The predicted octanol–water partition coefficient (Wildman–Crippen LogP) is 1.44. The number of carbonyl (C=O) groups excluding carboxylic acids is 1. The van der Waals surface area contributed by atoms with Gasteiger partial charge >= 0.3 is 6.03 Å². The number of nitrogens with one attached hydrogen (secondary N) is 1. The van der Waals surface area contributed by atoms with Crippen LogP contribution in [0.1, 0.15) is 18.4 Å². The number of amides is 2. The summed E-state index contributed by atoms with van der Waals surface area (Å²) in [7, 11) is 0. The van der Waals surface area contributed by atoms with Gasteiger partial charge in [-0.2, -0.15) is 0 Å². The molecular formula is C15H20N2O4. The summed E-state index contributed by atoms with van der Waals surface area (Å²) < 4.78 is 11.3. The molecule has 2 amide bonds. The number of phenolic OH excluding ortho intramolecular Hbond substituents is 1. The van der Waals surface area contributed by atoms with Crippen molar-refractivity contribution in [3.63, 3.8) is 0 Å². The molecule has 114 valence electrons. The predicted molar refractivity (Wildman–Crippen MR) is 75.8 cm³/mol. The number of carbonyl (C=O) groups is 1. The summed E-state index contributed by atoms with van der Waals surface area (Å²) in [6.07, 6.45) is 1.44. The molecule has 0 saturated carbocycles. The molecule has 0 aliphatic carbocycles. The number of benzene rings is 1. The summed E-state index contributed by atoms with van der Waals surface area (Å²) >= 11 is 0. The van der Waals surface area contributed by atoms with Gasteiger partial charge in [-0.3, -0.25) is 0 Å². The van der Waals surface area contributed by atoms with Crippen LogP contribution >= 0.6 is 0 Å². The van der Waals surface area contributed by atoms with Crippen molar-refractivity contribution in [1.29, 1.82) is 0 Å². The first-order valence-corrected chi connectivity index (χ1v) is 7.25. The molecule has 0 bridgehead atoms. The normalized spacial score (nSPS) is 20.7. The first-order valence-electron chi connectivity index (χ1n) is 7.25. The molecule has 2 aliphatic heterocycles. The monoisotopic (exact) mass is 292 g/mol. The Kier molecular flexibility index (Phi) is 3.98. The standard InChI is InChI=1S/C15H20N2O4/c18-13-3-1-12(2-4-13)11-16-14(19)17-7-5-15(6-8-17)20-9-10-21-15/h1-4,18H,5-11H2,(H,16,19). The van der Waals surface area contributed by atoms with Crippen LogP contribution in [-0.2, 0) is 16.0 Å². The van der Waals surface area contributed by atoms with Crippen LogP contribution in [0.25, 0.3) is 0 Å². The number of rotatable bonds is 2. The number of likely N-dealkylation sites (tertiary alicyclic amines) is 1. The molecule has 21 heavy (non-hydrogen) atoms. The molecule has 1 aromatic rings. The molecule has 2 N–H and O–H groups in total. The van der Waals surface area contributed by atoms with E-state index in [0.717, 1.165) is 18.4 Å². The minimum Gasteiger partial charge on any atom is -0.508 e. The number of piperidine rings is 1. The lowest BCUT2D eigenvalue weighted by Gasteiger charge is -2.37. The summed E-state index contributed by atoms with van der Waals surface area (Å²) in [5.74, 6) is -0.226. The maximum Gasteiger partial charge on any atom is 0.317 e. The summed E-state index contributed by atoms with van der Waals surface area (Å²) in [6.45, 7) is 3.02. The van der Waals surface area contributed by atoms with Gasteiger partial charge in [0, 0.05) is 32.5 Å². The maximum absolute atomic E-state index is 12.1. The number of nitrogens with zero attached hydrogens (tertiary/aromatic N) is 1. The molecular weight excluding hydrogens is 272 g/mol. The lowest BCUT2D eigenvalue weighted by Crippen LogP contribution is -2.50. The van der Waals surface area contributed by atoms with E-state index in [4.69, 9.17) is 9.47 Å². The molecule has 2 fully saturated rings.